The average Bonchev–Trinajstić information content (AvgIpc) is 2.70. The fourth-order valence-electron chi connectivity index (χ4n) is 2.88. The molecule has 0 aromatic heterocycles. The predicted octanol–water partition coefficient (Wildman–Crippen LogP) is 3.02. The van der Waals surface area contributed by atoms with Crippen LogP contribution < -0.4 is 0 Å². The Bertz CT molecular complexity index is 242. The second kappa shape index (κ2) is 4.86. The van der Waals surface area contributed by atoms with Crippen molar-refractivity contribution < 1.29 is 9.78 Å². The zero-order chi connectivity index (χ0) is 10.8. The molecular weight excluding hydrogens is 212 g/mol. The Morgan fingerprint density at radius 3 is 2.87 bits per heavy atom. The third-order valence-corrected chi connectivity index (χ3v) is 4.19. The van der Waals surface area contributed by atoms with Crippen LogP contribution in [-0.4, -0.2) is 18.6 Å². The summed E-state index contributed by atoms with van der Waals surface area (Å²) in [5.41, 5.74) is 0. The molecule has 0 aromatic carbocycles. The molecule has 0 aromatic rings. The first-order chi connectivity index (χ1) is 7.25. The van der Waals surface area contributed by atoms with Gasteiger partial charge < -0.3 is 0 Å². The first kappa shape index (κ1) is 11.4. The summed E-state index contributed by atoms with van der Waals surface area (Å²) < 4.78 is 0. The van der Waals surface area contributed by atoms with E-state index in [0.717, 1.165) is 17.8 Å². The van der Waals surface area contributed by atoms with Gasteiger partial charge >= 0.3 is 0 Å². The van der Waals surface area contributed by atoms with Gasteiger partial charge in [-0.05, 0) is 37.0 Å². The summed E-state index contributed by atoms with van der Waals surface area (Å²) in [7, 11) is 0. The van der Waals surface area contributed by atoms with E-state index >= 15 is 0 Å². The first-order valence-electron chi connectivity index (χ1n) is 5.80. The molecule has 2 aliphatic rings. The summed E-state index contributed by atoms with van der Waals surface area (Å²) in [6, 6.07) is 0. The third-order valence-electron chi connectivity index (χ3n) is 3.72. The van der Waals surface area contributed by atoms with Crippen LogP contribution in [-0.2, 0) is 9.78 Å². The van der Waals surface area contributed by atoms with Crippen LogP contribution in [0.15, 0.2) is 12.2 Å². The van der Waals surface area contributed by atoms with Gasteiger partial charge in [0.1, 0.15) is 6.61 Å². The van der Waals surface area contributed by atoms with Crippen molar-refractivity contribution in [3.05, 3.63) is 12.2 Å². The molecular formula is C12H19ClO2. The molecule has 3 heteroatoms. The second-order valence-corrected chi connectivity index (χ2v) is 5.11. The van der Waals surface area contributed by atoms with Gasteiger partial charge in [0.25, 0.3) is 0 Å². The molecule has 0 N–H and O–H groups in total. The summed E-state index contributed by atoms with van der Waals surface area (Å²) in [6.45, 7) is 5.36. The van der Waals surface area contributed by atoms with Crippen molar-refractivity contribution in [2.24, 2.45) is 23.7 Å². The SMILES string of the molecule is CCOOC/C=C/C1C(Cl)C[C@@H]2C(C)C12. The Hall–Kier alpha value is -0.0500. The van der Waals surface area contributed by atoms with Gasteiger partial charge in [-0.2, -0.15) is 0 Å². The largest absolute Gasteiger partial charge is 0.237 e. The number of alkyl halides is 1. The molecule has 4 unspecified atom stereocenters. The minimum Gasteiger partial charge on any atom is -0.237 e. The Labute approximate surface area is 96.5 Å². The van der Waals surface area contributed by atoms with Gasteiger partial charge in [-0.1, -0.05) is 19.1 Å². The van der Waals surface area contributed by atoms with Gasteiger partial charge in [-0.15, -0.1) is 11.6 Å². The molecule has 0 heterocycles. The number of allylic oxidation sites excluding steroid dienone is 1. The maximum absolute atomic E-state index is 6.29. The fraction of sp³-hybridized carbons (Fsp3) is 0.833. The molecule has 0 radical (unpaired) electrons. The molecule has 0 spiro atoms. The van der Waals surface area contributed by atoms with Crippen molar-refractivity contribution in [1.29, 1.82) is 0 Å². The smallest absolute Gasteiger partial charge is 0.100 e. The van der Waals surface area contributed by atoms with E-state index in [1.54, 1.807) is 0 Å². The highest BCUT2D eigenvalue weighted by Gasteiger charge is 2.57. The predicted molar refractivity (Wildman–Crippen MR) is 60.6 cm³/mol. The molecule has 0 amide bonds. The van der Waals surface area contributed by atoms with E-state index in [9.17, 15) is 0 Å². The lowest BCUT2D eigenvalue weighted by Crippen LogP contribution is -2.11. The maximum atomic E-state index is 6.29. The molecule has 15 heavy (non-hydrogen) atoms. The topological polar surface area (TPSA) is 18.5 Å². The summed E-state index contributed by atoms with van der Waals surface area (Å²) in [5, 5.41) is 0.333. The van der Waals surface area contributed by atoms with Gasteiger partial charge in [0.15, 0.2) is 0 Å². The lowest BCUT2D eigenvalue weighted by molar-refractivity contribution is -0.282. The Morgan fingerprint density at radius 2 is 2.20 bits per heavy atom. The molecule has 2 rings (SSSR count). The van der Waals surface area contributed by atoms with E-state index < -0.39 is 0 Å². The number of hydrogen-bond acceptors (Lipinski definition) is 2. The van der Waals surface area contributed by atoms with Crippen LogP contribution in [0.2, 0.25) is 0 Å². The summed E-state index contributed by atoms with van der Waals surface area (Å²) in [4.78, 5) is 9.72. The third kappa shape index (κ3) is 2.38. The molecule has 2 saturated carbocycles. The van der Waals surface area contributed by atoms with Gasteiger partial charge in [-0.3, -0.25) is 0 Å². The van der Waals surface area contributed by atoms with Crippen molar-refractivity contribution in [2.45, 2.75) is 25.6 Å². The standard InChI is InChI=1S/C12H19ClO2/c1-3-14-15-6-4-5-9-11(13)7-10-8(2)12(9)10/h4-5,8-12H,3,6-7H2,1-2H3/b5-4+/t8?,9?,10-,11?,12?/m1/s1. The van der Waals surface area contributed by atoms with Crippen LogP contribution in [0, 0.1) is 23.7 Å². The summed E-state index contributed by atoms with van der Waals surface area (Å²) in [5.74, 6) is 3.14. The van der Waals surface area contributed by atoms with E-state index in [4.69, 9.17) is 21.4 Å². The van der Waals surface area contributed by atoms with E-state index in [-0.39, 0.29) is 0 Å². The van der Waals surface area contributed by atoms with E-state index in [0.29, 0.717) is 24.5 Å². The van der Waals surface area contributed by atoms with E-state index in [1.807, 2.05) is 13.0 Å². The minimum atomic E-state index is 0.333. The zero-order valence-corrected chi connectivity index (χ0v) is 10.1. The van der Waals surface area contributed by atoms with Gasteiger partial charge in [0.2, 0.25) is 0 Å². The van der Waals surface area contributed by atoms with Crippen molar-refractivity contribution in [3.8, 4) is 0 Å². The second-order valence-electron chi connectivity index (χ2n) is 4.55. The Kier molecular flexibility index (Phi) is 3.70. The molecule has 2 fully saturated rings. The molecule has 5 atom stereocenters. The van der Waals surface area contributed by atoms with Crippen LogP contribution in [0.1, 0.15) is 20.3 Å². The highest BCUT2D eigenvalue weighted by molar-refractivity contribution is 6.21. The van der Waals surface area contributed by atoms with Gasteiger partial charge in [0, 0.05) is 5.38 Å². The molecule has 86 valence electrons. The highest BCUT2D eigenvalue weighted by atomic mass is 35.5. The number of halogens is 1. The number of hydrogen-bond donors (Lipinski definition) is 0. The molecule has 2 nitrogen and oxygen atoms in total. The van der Waals surface area contributed by atoms with Crippen molar-refractivity contribution >= 4 is 11.6 Å². The van der Waals surface area contributed by atoms with Crippen LogP contribution >= 0.6 is 11.6 Å². The minimum absolute atomic E-state index is 0.333. The van der Waals surface area contributed by atoms with Crippen molar-refractivity contribution in [3.63, 3.8) is 0 Å². The number of rotatable bonds is 5. The highest BCUT2D eigenvalue weighted by Crippen LogP contribution is 2.61. The molecule has 0 bridgehead atoms. The Balaban J connectivity index is 1.74. The van der Waals surface area contributed by atoms with Crippen LogP contribution in [0.4, 0.5) is 0 Å². The van der Waals surface area contributed by atoms with E-state index in [1.165, 1.54) is 6.42 Å². The maximum Gasteiger partial charge on any atom is 0.100 e. The van der Waals surface area contributed by atoms with Crippen LogP contribution in [0.5, 0.6) is 0 Å². The Morgan fingerprint density at radius 1 is 1.40 bits per heavy atom. The fourth-order valence-corrected chi connectivity index (χ4v) is 3.34. The van der Waals surface area contributed by atoms with Gasteiger partial charge in [0.05, 0.1) is 6.61 Å². The van der Waals surface area contributed by atoms with Crippen LogP contribution in [0.25, 0.3) is 0 Å². The normalized spacial score (nSPS) is 43.5. The van der Waals surface area contributed by atoms with Gasteiger partial charge in [-0.25, -0.2) is 9.78 Å². The molecule has 0 saturated heterocycles. The average molecular weight is 231 g/mol. The van der Waals surface area contributed by atoms with Crippen molar-refractivity contribution in [2.75, 3.05) is 13.2 Å². The summed E-state index contributed by atoms with van der Waals surface area (Å²) >= 11 is 6.29. The lowest BCUT2D eigenvalue weighted by Gasteiger charge is -2.13. The molecule has 0 aliphatic heterocycles. The van der Waals surface area contributed by atoms with Crippen molar-refractivity contribution in [1.82, 2.24) is 0 Å². The summed E-state index contributed by atoms with van der Waals surface area (Å²) in [6.07, 6.45) is 5.43. The number of fused-ring (bicyclic) bond motifs is 1. The van der Waals surface area contributed by atoms with Crippen LogP contribution in [0.3, 0.4) is 0 Å². The zero-order valence-electron chi connectivity index (χ0n) is 9.36. The monoisotopic (exact) mass is 230 g/mol. The van der Waals surface area contributed by atoms with E-state index in [2.05, 4.69) is 13.0 Å². The molecule has 2 aliphatic carbocycles. The quantitative estimate of drug-likeness (QED) is 0.238. The lowest BCUT2D eigenvalue weighted by atomic mass is 9.99. The first-order valence-corrected chi connectivity index (χ1v) is 6.24.